The summed E-state index contributed by atoms with van der Waals surface area (Å²) in [4.78, 5) is 4.24. The van der Waals surface area contributed by atoms with Gasteiger partial charge in [0.1, 0.15) is 0 Å². The molecule has 1 aromatic rings. The molecule has 0 amide bonds. The Morgan fingerprint density at radius 3 is 2.86 bits per heavy atom. The fraction of sp³-hybridized carbons (Fsp3) is 0.222. The van der Waals surface area contributed by atoms with Crippen LogP contribution in [0.15, 0.2) is 29.3 Å². The predicted molar refractivity (Wildman–Crippen MR) is 63.0 cm³/mol. The summed E-state index contributed by atoms with van der Waals surface area (Å²) in [7, 11) is 0. The van der Waals surface area contributed by atoms with Crippen LogP contribution in [0, 0.1) is 0 Å². The van der Waals surface area contributed by atoms with Crippen LogP contribution in [0.3, 0.4) is 0 Å². The minimum Gasteiger partial charge on any atom is -0.298 e. The average Bonchev–Trinajstić information content (AvgIpc) is 2.69. The molecule has 0 unspecified atom stereocenters. The van der Waals surface area contributed by atoms with Crippen molar-refractivity contribution in [1.29, 1.82) is 0 Å². The molecular weight excluding hydrogens is 218 g/mol. The molecule has 0 radical (unpaired) electrons. The van der Waals surface area contributed by atoms with Crippen LogP contribution in [-0.4, -0.2) is 17.5 Å². The van der Waals surface area contributed by atoms with Crippen LogP contribution in [-0.2, 0) is 0 Å². The number of nitrogens with zero attached hydrogens (tertiary/aromatic N) is 1. The van der Waals surface area contributed by atoms with Crippen LogP contribution in [0.5, 0.6) is 0 Å². The molecule has 0 spiro atoms. The number of rotatable bonds is 2. The SMILES string of the molecule is Clc1ccccc1NNC1=NCCS1. The highest BCUT2D eigenvalue weighted by molar-refractivity contribution is 8.14. The summed E-state index contributed by atoms with van der Waals surface area (Å²) < 4.78 is 0. The summed E-state index contributed by atoms with van der Waals surface area (Å²) in [5, 5.41) is 1.62. The van der Waals surface area contributed by atoms with Gasteiger partial charge in [0, 0.05) is 5.75 Å². The number of benzene rings is 1. The third-order valence-corrected chi connectivity index (χ3v) is 2.98. The second kappa shape index (κ2) is 4.57. The highest BCUT2D eigenvalue weighted by Crippen LogP contribution is 2.19. The number of hydrogen-bond donors (Lipinski definition) is 2. The van der Waals surface area contributed by atoms with E-state index >= 15 is 0 Å². The lowest BCUT2D eigenvalue weighted by atomic mass is 10.3. The van der Waals surface area contributed by atoms with E-state index in [9.17, 15) is 0 Å². The zero-order valence-electron chi connectivity index (χ0n) is 7.46. The first kappa shape index (κ1) is 9.68. The van der Waals surface area contributed by atoms with Gasteiger partial charge in [-0.2, -0.15) is 0 Å². The van der Waals surface area contributed by atoms with Gasteiger partial charge < -0.3 is 0 Å². The number of thioether (sulfide) groups is 1. The molecule has 1 aliphatic heterocycles. The summed E-state index contributed by atoms with van der Waals surface area (Å²) in [6.07, 6.45) is 0. The maximum atomic E-state index is 5.96. The number of amidine groups is 1. The fourth-order valence-electron chi connectivity index (χ4n) is 1.09. The lowest BCUT2D eigenvalue weighted by Crippen LogP contribution is -2.25. The summed E-state index contributed by atoms with van der Waals surface area (Å²) in [6.45, 7) is 0.886. The molecule has 0 saturated heterocycles. The fourth-order valence-corrected chi connectivity index (χ4v) is 1.96. The van der Waals surface area contributed by atoms with Gasteiger partial charge in [-0.3, -0.25) is 15.8 Å². The second-order valence-corrected chi connectivity index (χ2v) is 4.26. The van der Waals surface area contributed by atoms with Gasteiger partial charge >= 0.3 is 0 Å². The standard InChI is InChI=1S/C9H10ClN3S/c10-7-3-1-2-4-8(7)12-13-9-11-5-6-14-9/h1-4,12H,5-6H2,(H,11,13). The zero-order chi connectivity index (χ0) is 9.80. The van der Waals surface area contributed by atoms with Crippen LogP contribution in [0.1, 0.15) is 0 Å². The Labute approximate surface area is 91.9 Å². The minimum absolute atomic E-state index is 0.698. The molecule has 5 heteroatoms. The second-order valence-electron chi connectivity index (χ2n) is 2.77. The molecule has 0 aromatic heterocycles. The van der Waals surface area contributed by atoms with Crippen molar-refractivity contribution < 1.29 is 0 Å². The van der Waals surface area contributed by atoms with E-state index < -0.39 is 0 Å². The first-order valence-corrected chi connectivity index (χ1v) is 5.66. The minimum atomic E-state index is 0.698. The molecule has 0 aliphatic carbocycles. The Kier molecular flexibility index (Phi) is 3.16. The van der Waals surface area contributed by atoms with Crippen LogP contribution < -0.4 is 10.9 Å². The summed E-state index contributed by atoms with van der Waals surface area (Å²) in [5.74, 6) is 1.05. The van der Waals surface area contributed by atoms with Crippen molar-refractivity contribution in [1.82, 2.24) is 5.43 Å². The molecule has 1 aromatic carbocycles. The van der Waals surface area contributed by atoms with E-state index in [2.05, 4.69) is 15.8 Å². The number of nitrogens with one attached hydrogen (secondary N) is 2. The van der Waals surface area contributed by atoms with Gasteiger partial charge in [0.2, 0.25) is 0 Å². The summed E-state index contributed by atoms with van der Waals surface area (Å²) in [6, 6.07) is 7.58. The largest absolute Gasteiger partial charge is 0.298 e. The lowest BCUT2D eigenvalue weighted by molar-refractivity contribution is 1.10. The van der Waals surface area contributed by atoms with Crippen molar-refractivity contribution in [2.24, 2.45) is 4.99 Å². The van der Waals surface area contributed by atoms with Gasteiger partial charge in [-0.25, -0.2) is 0 Å². The molecular formula is C9H10ClN3S. The molecule has 1 heterocycles. The Bertz CT molecular complexity index is 354. The molecule has 2 rings (SSSR count). The molecule has 0 fully saturated rings. The van der Waals surface area contributed by atoms with Crippen molar-refractivity contribution in [3.05, 3.63) is 29.3 Å². The molecule has 3 nitrogen and oxygen atoms in total. The van der Waals surface area contributed by atoms with Crippen molar-refractivity contribution in [3.8, 4) is 0 Å². The Morgan fingerprint density at radius 2 is 2.14 bits per heavy atom. The third kappa shape index (κ3) is 2.33. The molecule has 0 saturated carbocycles. The van der Waals surface area contributed by atoms with E-state index in [1.54, 1.807) is 11.8 Å². The van der Waals surface area contributed by atoms with Crippen LogP contribution in [0.25, 0.3) is 0 Å². The highest BCUT2D eigenvalue weighted by Gasteiger charge is 2.06. The van der Waals surface area contributed by atoms with Crippen LogP contribution >= 0.6 is 23.4 Å². The normalized spacial score (nSPS) is 15.1. The van der Waals surface area contributed by atoms with Crippen molar-refractivity contribution in [2.45, 2.75) is 0 Å². The van der Waals surface area contributed by atoms with Gasteiger partial charge in [-0.05, 0) is 12.1 Å². The number of hydrogen-bond acceptors (Lipinski definition) is 4. The lowest BCUT2D eigenvalue weighted by Gasteiger charge is -2.09. The first-order chi connectivity index (χ1) is 6.86. The van der Waals surface area contributed by atoms with Gasteiger partial charge in [-0.15, -0.1) is 0 Å². The maximum absolute atomic E-state index is 5.96. The van der Waals surface area contributed by atoms with Gasteiger partial charge in [0.25, 0.3) is 0 Å². The summed E-state index contributed by atoms with van der Waals surface area (Å²) >= 11 is 7.66. The Balaban J connectivity index is 1.94. The van der Waals surface area contributed by atoms with Crippen LogP contribution in [0.4, 0.5) is 5.69 Å². The zero-order valence-corrected chi connectivity index (χ0v) is 9.03. The number of anilines is 1. The first-order valence-electron chi connectivity index (χ1n) is 4.30. The Hall–Kier alpha value is -0.870. The van der Waals surface area contributed by atoms with E-state index in [0.29, 0.717) is 5.02 Å². The monoisotopic (exact) mass is 227 g/mol. The smallest absolute Gasteiger partial charge is 0.175 e. The van der Waals surface area contributed by atoms with E-state index in [1.165, 1.54) is 0 Å². The van der Waals surface area contributed by atoms with Crippen molar-refractivity contribution in [3.63, 3.8) is 0 Å². The predicted octanol–water partition coefficient (Wildman–Crippen LogP) is 2.36. The highest BCUT2D eigenvalue weighted by atomic mass is 35.5. The number of hydrazine groups is 1. The maximum Gasteiger partial charge on any atom is 0.175 e. The van der Waals surface area contributed by atoms with Crippen molar-refractivity contribution >= 4 is 34.2 Å². The number of aliphatic imine (C=N–C) groups is 1. The van der Waals surface area contributed by atoms with E-state index in [-0.39, 0.29) is 0 Å². The molecule has 74 valence electrons. The molecule has 0 bridgehead atoms. The number of halogens is 1. The van der Waals surface area contributed by atoms with Crippen molar-refractivity contribution in [2.75, 3.05) is 17.7 Å². The Morgan fingerprint density at radius 1 is 1.29 bits per heavy atom. The van der Waals surface area contributed by atoms with E-state index in [0.717, 1.165) is 23.2 Å². The molecule has 1 aliphatic rings. The topological polar surface area (TPSA) is 36.4 Å². The van der Waals surface area contributed by atoms with E-state index in [4.69, 9.17) is 11.6 Å². The van der Waals surface area contributed by atoms with Crippen LogP contribution in [0.2, 0.25) is 5.02 Å². The van der Waals surface area contributed by atoms with Gasteiger partial charge in [0.15, 0.2) is 5.17 Å². The number of para-hydroxylation sites is 1. The average molecular weight is 228 g/mol. The molecule has 0 atom stereocenters. The van der Waals surface area contributed by atoms with E-state index in [1.807, 2.05) is 24.3 Å². The summed E-state index contributed by atoms with van der Waals surface area (Å²) in [5.41, 5.74) is 6.90. The van der Waals surface area contributed by atoms with Gasteiger partial charge in [0.05, 0.1) is 17.3 Å². The third-order valence-electron chi connectivity index (χ3n) is 1.76. The quantitative estimate of drug-likeness (QED) is 0.762. The molecule has 2 N–H and O–H groups in total. The molecule has 14 heavy (non-hydrogen) atoms. The van der Waals surface area contributed by atoms with Gasteiger partial charge in [-0.1, -0.05) is 35.5 Å².